The summed E-state index contributed by atoms with van der Waals surface area (Å²) in [6, 6.07) is 0.0609. The second-order valence-electron chi connectivity index (χ2n) is 5.05. The smallest absolute Gasteiger partial charge is 0.382 e. The van der Waals surface area contributed by atoms with E-state index in [0.717, 1.165) is 17.9 Å². The molecule has 2 N–H and O–H groups in total. The van der Waals surface area contributed by atoms with E-state index in [0.29, 0.717) is 0 Å². The molecule has 1 saturated heterocycles. The molecule has 0 aromatic heterocycles. The lowest BCUT2D eigenvalue weighted by atomic mass is 9.88. The van der Waals surface area contributed by atoms with E-state index < -0.39 is 18.8 Å². The Hall–Kier alpha value is 0.0600. The fraction of sp³-hybridized carbons (Fsp3) is 1.00. The maximum Gasteiger partial charge on any atom is 0.415 e. The molecule has 2 nitrogen and oxygen atoms in total. The van der Waals surface area contributed by atoms with Gasteiger partial charge in [0.2, 0.25) is 0 Å². The van der Waals surface area contributed by atoms with Crippen molar-refractivity contribution in [2.24, 2.45) is 5.41 Å². The molecule has 2 unspecified atom stereocenters. The molecule has 0 amide bonds. The molecule has 0 radical (unpaired) electrons. The van der Waals surface area contributed by atoms with Crippen LogP contribution in [0.3, 0.4) is 0 Å². The fourth-order valence-corrected chi connectivity index (χ4v) is 3.10. The lowest BCUT2D eigenvalue weighted by molar-refractivity contribution is -0.202. The number of aliphatic hydroxyl groups is 1. The Bertz CT molecular complexity index is 233. The largest absolute Gasteiger partial charge is 0.415 e. The highest BCUT2D eigenvalue weighted by Gasteiger charge is 2.38. The zero-order chi connectivity index (χ0) is 12.4. The Morgan fingerprint density at radius 3 is 2.62 bits per heavy atom. The van der Waals surface area contributed by atoms with Crippen molar-refractivity contribution in [3.63, 3.8) is 0 Å². The van der Waals surface area contributed by atoms with Crippen molar-refractivity contribution in [3.8, 4) is 0 Å². The summed E-state index contributed by atoms with van der Waals surface area (Å²) in [5.41, 5.74) is 0.157. The molecule has 2 atom stereocenters. The molecule has 0 aromatic carbocycles. The van der Waals surface area contributed by atoms with Gasteiger partial charge in [-0.25, -0.2) is 0 Å². The second kappa shape index (κ2) is 5.14. The van der Waals surface area contributed by atoms with Gasteiger partial charge in [-0.05, 0) is 17.6 Å². The standard InChI is InChI=1S/C10H18F3NOS/c1-9(2)3-7(5-16-6-9)14-4-8(15)10(11,12)13/h7-8,14-15H,3-6H2,1-2H3. The van der Waals surface area contributed by atoms with Crippen LogP contribution < -0.4 is 5.32 Å². The van der Waals surface area contributed by atoms with Gasteiger partial charge in [0.05, 0.1) is 0 Å². The van der Waals surface area contributed by atoms with Crippen molar-refractivity contribution < 1.29 is 18.3 Å². The maximum atomic E-state index is 12.1. The van der Waals surface area contributed by atoms with Gasteiger partial charge in [0.25, 0.3) is 0 Å². The summed E-state index contributed by atoms with van der Waals surface area (Å²) in [6.45, 7) is 3.80. The van der Waals surface area contributed by atoms with Crippen molar-refractivity contribution >= 4 is 11.8 Å². The highest BCUT2D eigenvalue weighted by atomic mass is 32.2. The molecule has 6 heteroatoms. The monoisotopic (exact) mass is 257 g/mol. The summed E-state index contributed by atoms with van der Waals surface area (Å²) in [5, 5.41) is 11.6. The molecule has 1 fully saturated rings. The first kappa shape index (κ1) is 14.1. The minimum Gasteiger partial charge on any atom is -0.382 e. The Morgan fingerprint density at radius 2 is 2.12 bits per heavy atom. The lowest BCUT2D eigenvalue weighted by Gasteiger charge is -2.35. The molecular weight excluding hydrogens is 239 g/mol. The van der Waals surface area contributed by atoms with Gasteiger partial charge in [0, 0.05) is 18.3 Å². The average Bonchev–Trinajstić information content (AvgIpc) is 2.11. The highest BCUT2D eigenvalue weighted by Crippen LogP contribution is 2.33. The summed E-state index contributed by atoms with van der Waals surface area (Å²) in [4.78, 5) is 0. The minimum absolute atomic E-state index is 0.0609. The molecule has 1 rings (SSSR count). The highest BCUT2D eigenvalue weighted by molar-refractivity contribution is 7.99. The average molecular weight is 257 g/mol. The number of aliphatic hydroxyl groups excluding tert-OH is 1. The van der Waals surface area contributed by atoms with Crippen LogP contribution in [0.1, 0.15) is 20.3 Å². The molecule has 1 aliphatic rings. The number of thioether (sulfide) groups is 1. The molecule has 96 valence electrons. The second-order valence-corrected chi connectivity index (χ2v) is 6.08. The maximum absolute atomic E-state index is 12.1. The first-order valence-corrected chi connectivity index (χ1v) is 6.42. The Morgan fingerprint density at radius 1 is 1.50 bits per heavy atom. The molecule has 1 aliphatic heterocycles. The number of halogens is 3. The zero-order valence-electron chi connectivity index (χ0n) is 9.47. The first-order chi connectivity index (χ1) is 7.21. The van der Waals surface area contributed by atoms with Crippen LogP contribution >= 0.6 is 11.8 Å². The van der Waals surface area contributed by atoms with Crippen LogP contribution in [0.15, 0.2) is 0 Å². The predicted octanol–water partition coefficient (Wildman–Crippen LogP) is 2.03. The molecule has 0 bridgehead atoms. The Labute approximate surface area is 98.0 Å². The van der Waals surface area contributed by atoms with Crippen LogP contribution in [-0.2, 0) is 0 Å². The van der Waals surface area contributed by atoms with Crippen LogP contribution in [0.5, 0.6) is 0 Å². The normalized spacial score (nSPS) is 27.8. The van der Waals surface area contributed by atoms with Gasteiger partial charge < -0.3 is 10.4 Å². The number of nitrogens with one attached hydrogen (secondary N) is 1. The summed E-state index contributed by atoms with van der Waals surface area (Å²) >= 11 is 1.74. The number of rotatable bonds is 3. The van der Waals surface area contributed by atoms with E-state index in [9.17, 15) is 13.2 Å². The van der Waals surface area contributed by atoms with E-state index in [1.54, 1.807) is 11.8 Å². The van der Waals surface area contributed by atoms with E-state index in [2.05, 4.69) is 19.2 Å². The molecule has 0 aliphatic carbocycles. The van der Waals surface area contributed by atoms with E-state index in [1.807, 2.05) is 0 Å². The van der Waals surface area contributed by atoms with Crippen molar-refractivity contribution in [2.45, 2.75) is 38.6 Å². The first-order valence-electron chi connectivity index (χ1n) is 5.27. The van der Waals surface area contributed by atoms with Crippen LogP contribution in [0.4, 0.5) is 13.2 Å². The molecule has 0 spiro atoms. The summed E-state index contributed by atoms with van der Waals surface area (Å²) in [6.07, 6.45) is -5.93. The Kier molecular flexibility index (Phi) is 4.54. The topological polar surface area (TPSA) is 32.3 Å². The van der Waals surface area contributed by atoms with E-state index in [-0.39, 0.29) is 11.5 Å². The summed E-state index contributed by atoms with van der Waals surface area (Å²) in [5.74, 6) is 1.85. The van der Waals surface area contributed by atoms with Gasteiger partial charge in [-0.3, -0.25) is 0 Å². The van der Waals surface area contributed by atoms with E-state index in [1.165, 1.54) is 0 Å². The third-order valence-corrected chi connectivity index (χ3v) is 4.21. The van der Waals surface area contributed by atoms with Crippen molar-refractivity contribution in [1.82, 2.24) is 5.32 Å². The fourth-order valence-electron chi connectivity index (χ4n) is 1.79. The van der Waals surface area contributed by atoms with Crippen LogP contribution in [0, 0.1) is 5.41 Å². The minimum atomic E-state index is -4.52. The summed E-state index contributed by atoms with van der Waals surface area (Å²) in [7, 11) is 0. The van der Waals surface area contributed by atoms with Gasteiger partial charge >= 0.3 is 6.18 Å². The van der Waals surface area contributed by atoms with Gasteiger partial charge in [-0.1, -0.05) is 13.8 Å². The van der Waals surface area contributed by atoms with E-state index >= 15 is 0 Å². The SMILES string of the molecule is CC1(C)CSCC(NCC(O)C(F)(F)F)C1. The third kappa shape index (κ3) is 4.51. The molecule has 16 heavy (non-hydrogen) atoms. The lowest BCUT2D eigenvalue weighted by Crippen LogP contribution is -2.46. The van der Waals surface area contributed by atoms with E-state index in [4.69, 9.17) is 5.11 Å². The molecule has 0 aromatic rings. The molecule has 0 saturated carbocycles. The quantitative estimate of drug-likeness (QED) is 0.811. The number of hydrogen-bond donors (Lipinski definition) is 2. The number of hydrogen-bond acceptors (Lipinski definition) is 3. The van der Waals surface area contributed by atoms with Crippen molar-refractivity contribution in [2.75, 3.05) is 18.1 Å². The van der Waals surface area contributed by atoms with Gasteiger partial charge in [0.1, 0.15) is 0 Å². The van der Waals surface area contributed by atoms with Crippen LogP contribution in [0.25, 0.3) is 0 Å². The predicted molar refractivity (Wildman–Crippen MR) is 59.6 cm³/mol. The van der Waals surface area contributed by atoms with Crippen LogP contribution in [-0.4, -0.2) is 41.5 Å². The third-order valence-electron chi connectivity index (χ3n) is 2.59. The molecule has 1 heterocycles. The zero-order valence-corrected chi connectivity index (χ0v) is 10.3. The van der Waals surface area contributed by atoms with Crippen molar-refractivity contribution in [1.29, 1.82) is 0 Å². The molecular formula is C10H18F3NOS. The number of alkyl halides is 3. The van der Waals surface area contributed by atoms with Gasteiger partial charge in [-0.2, -0.15) is 24.9 Å². The van der Waals surface area contributed by atoms with Crippen molar-refractivity contribution in [3.05, 3.63) is 0 Å². The van der Waals surface area contributed by atoms with Gasteiger partial charge in [0.15, 0.2) is 6.10 Å². The Balaban J connectivity index is 2.33. The summed E-state index contributed by atoms with van der Waals surface area (Å²) < 4.78 is 36.2. The van der Waals surface area contributed by atoms with Crippen LogP contribution in [0.2, 0.25) is 0 Å². The van der Waals surface area contributed by atoms with Gasteiger partial charge in [-0.15, -0.1) is 0 Å².